The van der Waals surface area contributed by atoms with Gasteiger partial charge >= 0.3 is 0 Å². The molecule has 112 valence electrons. The Morgan fingerprint density at radius 3 is 2.86 bits per heavy atom. The first kappa shape index (κ1) is 14.6. The van der Waals surface area contributed by atoms with Crippen molar-refractivity contribution in [3.05, 3.63) is 64.6 Å². The monoisotopic (exact) mass is 313 g/mol. The average molecular weight is 314 g/mol. The van der Waals surface area contributed by atoms with Gasteiger partial charge in [-0.25, -0.2) is 4.98 Å². The van der Waals surface area contributed by atoms with Gasteiger partial charge in [0.2, 0.25) is 5.91 Å². The maximum Gasteiger partial charge on any atom is 0.230 e. The molecule has 22 heavy (non-hydrogen) atoms. The number of hydrogen-bond donors (Lipinski definition) is 1. The number of pyridine rings is 1. The number of nitrogens with zero attached hydrogens (tertiary/aromatic N) is 2. The molecule has 1 aromatic carbocycles. The first-order valence-corrected chi connectivity index (χ1v) is 7.39. The van der Waals surface area contributed by atoms with Crippen molar-refractivity contribution in [3.8, 4) is 0 Å². The molecule has 0 aliphatic heterocycles. The molecular weight excluding hydrogens is 298 g/mol. The highest BCUT2D eigenvalue weighted by Gasteiger charge is 2.09. The van der Waals surface area contributed by atoms with Crippen LogP contribution in [0.4, 0.5) is 5.69 Å². The summed E-state index contributed by atoms with van der Waals surface area (Å²) in [4.78, 5) is 16.6. The number of benzene rings is 1. The lowest BCUT2D eigenvalue weighted by molar-refractivity contribution is -0.115. The number of nitrogens with one attached hydrogen (secondary N) is 1. The van der Waals surface area contributed by atoms with Gasteiger partial charge in [-0.15, -0.1) is 0 Å². The second-order valence-corrected chi connectivity index (χ2v) is 5.82. The van der Waals surface area contributed by atoms with Crippen LogP contribution in [0.3, 0.4) is 0 Å². The molecule has 3 aromatic rings. The quantitative estimate of drug-likeness (QED) is 0.799. The Balaban J connectivity index is 1.75. The fourth-order valence-electron chi connectivity index (χ4n) is 2.35. The number of halogens is 1. The van der Waals surface area contributed by atoms with Crippen molar-refractivity contribution in [2.75, 3.05) is 5.32 Å². The van der Waals surface area contributed by atoms with Gasteiger partial charge in [0.05, 0.1) is 12.1 Å². The van der Waals surface area contributed by atoms with Crippen molar-refractivity contribution >= 4 is 28.8 Å². The summed E-state index contributed by atoms with van der Waals surface area (Å²) in [6, 6.07) is 9.39. The van der Waals surface area contributed by atoms with Crippen molar-refractivity contribution in [1.29, 1.82) is 0 Å². The minimum atomic E-state index is -0.0921. The SMILES string of the molecule is Cc1ccn2cc(CC(=O)Nc3ccc(Cl)cc3C)nc2c1. The molecule has 0 atom stereocenters. The van der Waals surface area contributed by atoms with Crippen molar-refractivity contribution < 1.29 is 4.79 Å². The first-order chi connectivity index (χ1) is 10.5. The lowest BCUT2D eigenvalue weighted by Gasteiger charge is -2.07. The van der Waals surface area contributed by atoms with E-state index >= 15 is 0 Å². The summed E-state index contributed by atoms with van der Waals surface area (Å²) in [6.07, 6.45) is 4.06. The van der Waals surface area contributed by atoms with Crippen LogP contribution in [0.2, 0.25) is 5.02 Å². The normalized spacial score (nSPS) is 10.9. The minimum Gasteiger partial charge on any atom is -0.326 e. The van der Waals surface area contributed by atoms with Gasteiger partial charge in [0.1, 0.15) is 5.65 Å². The molecule has 0 unspecified atom stereocenters. The molecule has 0 saturated carbocycles. The summed E-state index contributed by atoms with van der Waals surface area (Å²) in [5, 5.41) is 3.55. The first-order valence-electron chi connectivity index (χ1n) is 7.01. The van der Waals surface area contributed by atoms with E-state index in [-0.39, 0.29) is 12.3 Å². The zero-order valence-corrected chi connectivity index (χ0v) is 13.2. The summed E-state index contributed by atoms with van der Waals surface area (Å²) in [6.45, 7) is 3.93. The van der Waals surface area contributed by atoms with Crippen molar-refractivity contribution in [1.82, 2.24) is 9.38 Å². The van der Waals surface area contributed by atoms with Gasteiger partial charge < -0.3 is 9.72 Å². The number of carbonyl (C=O) groups excluding carboxylic acids is 1. The van der Waals surface area contributed by atoms with E-state index in [1.54, 1.807) is 6.07 Å². The number of imidazole rings is 1. The average Bonchev–Trinajstić information content (AvgIpc) is 2.83. The second kappa shape index (κ2) is 5.81. The van der Waals surface area contributed by atoms with Crippen LogP contribution in [0.5, 0.6) is 0 Å². The third kappa shape index (κ3) is 3.12. The fourth-order valence-corrected chi connectivity index (χ4v) is 2.57. The zero-order chi connectivity index (χ0) is 15.7. The number of hydrogen-bond acceptors (Lipinski definition) is 2. The van der Waals surface area contributed by atoms with Crippen LogP contribution in [0.15, 0.2) is 42.7 Å². The van der Waals surface area contributed by atoms with Crippen LogP contribution in [-0.4, -0.2) is 15.3 Å². The van der Waals surface area contributed by atoms with Crippen LogP contribution < -0.4 is 5.32 Å². The fraction of sp³-hybridized carbons (Fsp3) is 0.176. The number of rotatable bonds is 3. The molecule has 0 aliphatic carbocycles. The molecule has 0 fully saturated rings. The van der Waals surface area contributed by atoms with E-state index < -0.39 is 0 Å². The third-order valence-electron chi connectivity index (χ3n) is 3.47. The van der Waals surface area contributed by atoms with E-state index in [1.165, 1.54) is 0 Å². The Morgan fingerprint density at radius 1 is 1.27 bits per heavy atom. The molecular formula is C17H16ClN3O. The Kier molecular flexibility index (Phi) is 3.86. The van der Waals surface area contributed by atoms with Gasteiger partial charge in [0.15, 0.2) is 0 Å². The molecule has 2 heterocycles. The lowest BCUT2D eigenvalue weighted by atomic mass is 10.2. The Labute approximate surface area is 133 Å². The van der Waals surface area contributed by atoms with Crippen LogP contribution in [0.1, 0.15) is 16.8 Å². The van der Waals surface area contributed by atoms with Gasteiger partial charge in [0, 0.05) is 23.1 Å². The predicted molar refractivity (Wildman–Crippen MR) is 88.5 cm³/mol. The summed E-state index contributed by atoms with van der Waals surface area (Å²) in [7, 11) is 0. The van der Waals surface area contributed by atoms with Gasteiger partial charge in [-0.2, -0.15) is 0 Å². The second-order valence-electron chi connectivity index (χ2n) is 5.39. The lowest BCUT2D eigenvalue weighted by Crippen LogP contribution is -2.15. The van der Waals surface area contributed by atoms with E-state index in [2.05, 4.69) is 10.3 Å². The maximum atomic E-state index is 12.2. The molecule has 4 nitrogen and oxygen atoms in total. The number of aryl methyl sites for hydroxylation is 2. The van der Waals surface area contributed by atoms with Gasteiger partial charge in [-0.1, -0.05) is 11.6 Å². The smallest absolute Gasteiger partial charge is 0.230 e. The van der Waals surface area contributed by atoms with Crippen LogP contribution in [-0.2, 0) is 11.2 Å². The molecule has 0 saturated heterocycles. The molecule has 2 aromatic heterocycles. The van der Waals surface area contributed by atoms with Crippen LogP contribution in [0.25, 0.3) is 5.65 Å². The molecule has 5 heteroatoms. The summed E-state index contributed by atoms with van der Waals surface area (Å²) < 4.78 is 1.92. The maximum absolute atomic E-state index is 12.2. The van der Waals surface area contributed by atoms with E-state index in [9.17, 15) is 4.79 Å². The Morgan fingerprint density at radius 2 is 2.09 bits per heavy atom. The summed E-state index contributed by atoms with van der Waals surface area (Å²) >= 11 is 5.92. The Hall–Kier alpha value is -2.33. The van der Waals surface area contributed by atoms with E-state index in [1.807, 2.05) is 54.9 Å². The highest BCUT2D eigenvalue weighted by Crippen LogP contribution is 2.19. The van der Waals surface area contributed by atoms with E-state index in [4.69, 9.17) is 11.6 Å². The van der Waals surface area contributed by atoms with Gasteiger partial charge in [0.25, 0.3) is 0 Å². The number of amides is 1. The number of fused-ring (bicyclic) bond motifs is 1. The highest BCUT2D eigenvalue weighted by molar-refractivity contribution is 6.30. The molecule has 0 aliphatic rings. The number of carbonyl (C=O) groups is 1. The van der Waals surface area contributed by atoms with Crippen LogP contribution >= 0.6 is 11.6 Å². The number of aromatic nitrogens is 2. The standard InChI is InChI=1S/C17H16ClN3O/c1-11-5-6-21-10-14(19-16(21)7-11)9-17(22)20-15-4-3-13(18)8-12(15)2/h3-8,10H,9H2,1-2H3,(H,20,22). The highest BCUT2D eigenvalue weighted by atomic mass is 35.5. The zero-order valence-electron chi connectivity index (χ0n) is 12.4. The predicted octanol–water partition coefficient (Wildman–Crippen LogP) is 3.79. The van der Waals surface area contributed by atoms with Gasteiger partial charge in [-0.3, -0.25) is 4.79 Å². The van der Waals surface area contributed by atoms with Crippen molar-refractivity contribution in [3.63, 3.8) is 0 Å². The number of anilines is 1. The Bertz CT molecular complexity index is 854. The molecule has 0 radical (unpaired) electrons. The molecule has 3 rings (SSSR count). The summed E-state index contributed by atoms with van der Waals surface area (Å²) in [5.41, 5.74) is 4.45. The van der Waals surface area contributed by atoms with Crippen molar-refractivity contribution in [2.24, 2.45) is 0 Å². The molecule has 0 bridgehead atoms. The molecule has 1 N–H and O–H groups in total. The van der Waals surface area contributed by atoms with Crippen LogP contribution in [0, 0.1) is 13.8 Å². The van der Waals surface area contributed by atoms with E-state index in [0.717, 1.165) is 28.2 Å². The topological polar surface area (TPSA) is 46.4 Å². The summed E-state index contributed by atoms with van der Waals surface area (Å²) in [5.74, 6) is -0.0921. The third-order valence-corrected chi connectivity index (χ3v) is 3.70. The van der Waals surface area contributed by atoms with Crippen molar-refractivity contribution in [2.45, 2.75) is 20.3 Å². The van der Waals surface area contributed by atoms with Gasteiger partial charge in [-0.05, 0) is 55.3 Å². The largest absolute Gasteiger partial charge is 0.326 e. The molecule has 0 spiro atoms. The van der Waals surface area contributed by atoms with E-state index in [0.29, 0.717) is 5.02 Å². The minimum absolute atomic E-state index is 0.0921. The molecule has 1 amide bonds.